The quantitative estimate of drug-likeness (QED) is 0.0345. The second kappa shape index (κ2) is 60.6. The van der Waals surface area contributed by atoms with E-state index in [9.17, 15) is 9.59 Å². The van der Waals surface area contributed by atoms with E-state index >= 15 is 0 Å². The molecule has 1 unspecified atom stereocenters. The lowest BCUT2D eigenvalue weighted by Crippen LogP contribution is -2.30. The minimum atomic E-state index is -0.549. The van der Waals surface area contributed by atoms with Crippen molar-refractivity contribution in [3.05, 3.63) is 72.9 Å². The zero-order valence-corrected chi connectivity index (χ0v) is 46.8. The van der Waals surface area contributed by atoms with Gasteiger partial charge >= 0.3 is 11.9 Å². The van der Waals surface area contributed by atoms with Crippen LogP contribution in [-0.2, 0) is 23.8 Å². The van der Waals surface area contributed by atoms with E-state index in [-0.39, 0.29) is 25.2 Å². The maximum atomic E-state index is 12.9. The van der Waals surface area contributed by atoms with E-state index in [1.165, 1.54) is 173 Å². The van der Waals surface area contributed by atoms with Crippen molar-refractivity contribution in [3.8, 4) is 0 Å². The maximum Gasteiger partial charge on any atom is 0.306 e. The highest BCUT2D eigenvalue weighted by Crippen LogP contribution is 2.16. The van der Waals surface area contributed by atoms with Crippen molar-refractivity contribution in [3.63, 3.8) is 0 Å². The van der Waals surface area contributed by atoms with Gasteiger partial charge in [0.05, 0.1) is 6.61 Å². The fraction of sp³-hybridized carbons (Fsp3) is 0.785. The van der Waals surface area contributed by atoms with Crippen LogP contribution in [0.25, 0.3) is 0 Å². The van der Waals surface area contributed by atoms with Crippen molar-refractivity contribution in [2.75, 3.05) is 19.8 Å². The summed E-state index contributed by atoms with van der Waals surface area (Å²) in [5.74, 6) is -0.411. The summed E-state index contributed by atoms with van der Waals surface area (Å²) in [5, 5.41) is 0. The Balaban J connectivity index is 4.30. The van der Waals surface area contributed by atoms with Gasteiger partial charge in [-0.3, -0.25) is 9.59 Å². The number of carbonyl (C=O) groups excluding carboxylic acids is 2. The van der Waals surface area contributed by atoms with Gasteiger partial charge in [-0.25, -0.2) is 0 Å². The zero-order valence-electron chi connectivity index (χ0n) is 46.8. The number of hydrogen-bond acceptors (Lipinski definition) is 5. The number of esters is 2. The fourth-order valence-electron chi connectivity index (χ4n) is 8.71. The molecule has 0 N–H and O–H groups in total. The lowest BCUT2D eigenvalue weighted by Gasteiger charge is -2.18. The summed E-state index contributed by atoms with van der Waals surface area (Å²) >= 11 is 0. The number of rotatable bonds is 56. The summed E-state index contributed by atoms with van der Waals surface area (Å²) in [4.78, 5) is 25.6. The molecule has 5 heteroatoms. The lowest BCUT2D eigenvalue weighted by molar-refractivity contribution is -0.163. The van der Waals surface area contributed by atoms with Crippen LogP contribution in [0, 0.1) is 0 Å². The van der Waals surface area contributed by atoms with Gasteiger partial charge in [0.15, 0.2) is 6.10 Å². The molecule has 0 aromatic heterocycles. The Labute approximate surface area is 436 Å². The van der Waals surface area contributed by atoms with Crippen LogP contribution in [0.3, 0.4) is 0 Å². The van der Waals surface area contributed by atoms with Gasteiger partial charge in [0.2, 0.25) is 0 Å². The average molecular weight is 978 g/mol. The number of allylic oxidation sites excluding steroid dienone is 12. The second-order valence-corrected chi connectivity index (χ2v) is 20.2. The number of unbranched alkanes of at least 4 members (excludes halogenated alkanes) is 33. The molecule has 0 bridgehead atoms. The predicted molar refractivity (Wildman–Crippen MR) is 307 cm³/mol. The van der Waals surface area contributed by atoms with Gasteiger partial charge in [0.1, 0.15) is 6.61 Å². The van der Waals surface area contributed by atoms with Crippen molar-refractivity contribution < 1.29 is 23.8 Å². The van der Waals surface area contributed by atoms with Crippen molar-refractivity contribution in [2.24, 2.45) is 0 Å². The first kappa shape index (κ1) is 67.3. The Morgan fingerprint density at radius 1 is 0.329 bits per heavy atom. The summed E-state index contributed by atoms with van der Waals surface area (Å²) in [6.45, 7) is 7.72. The molecule has 0 rings (SSSR count). The molecule has 406 valence electrons. The largest absolute Gasteiger partial charge is 0.462 e. The van der Waals surface area contributed by atoms with Gasteiger partial charge in [0, 0.05) is 19.4 Å². The summed E-state index contributed by atoms with van der Waals surface area (Å²) in [5.41, 5.74) is 0. The van der Waals surface area contributed by atoms with E-state index < -0.39 is 6.10 Å². The van der Waals surface area contributed by atoms with E-state index in [4.69, 9.17) is 14.2 Å². The molecule has 0 aliphatic carbocycles. The molecule has 70 heavy (non-hydrogen) atoms. The zero-order chi connectivity index (χ0) is 50.6. The minimum Gasteiger partial charge on any atom is -0.462 e. The first-order chi connectivity index (χ1) is 34.6. The van der Waals surface area contributed by atoms with E-state index in [0.29, 0.717) is 19.4 Å². The highest BCUT2D eigenvalue weighted by Gasteiger charge is 2.17. The molecule has 0 aromatic rings. The number of carbonyl (C=O) groups is 2. The van der Waals surface area contributed by atoms with Gasteiger partial charge in [-0.15, -0.1) is 0 Å². The van der Waals surface area contributed by atoms with E-state index in [1.807, 2.05) is 0 Å². The maximum absolute atomic E-state index is 12.9. The molecule has 0 heterocycles. The Morgan fingerprint density at radius 2 is 0.643 bits per heavy atom. The van der Waals surface area contributed by atoms with Crippen molar-refractivity contribution in [1.82, 2.24) is 0 Å². The SMILES string of the molecule is CC/C=C\C/C=C\C/C=C\CCCCCCCCCC(=O)OC(COCCCCCCCCCCCCCCCCCCCC)COC(=O)CCCCCCCC/C=C\C/C=C\C/C=C\CCCCC. The standard InChI is InChI=1S/C65H116O5/c1-4-7-10-13-16-19-22-25-28-31-33-35-37-40-43-46-49-52-55-58-64(66)69-62-63(61-68-60-57-54-51-48-45-42-39-36-32-29-26-23-20-17-14-11-8-5-2)70-65(67)59-56-53-50-47-44-41-38-34-30-27-24-21-18-15-12-9-6-3/h9,12,16,18-19,21,25,27-28,30,33,35,63H,4-8,10-11,13-15,17,20,22-24,26,29,31-32,34,36-62H2,1-3H3/b12-9-,19-16-,21-18-,28-25-,30-27-,35-33-. The van der Waals surface area contributed by atoms with Crippen LogP contribution in [0.4, 0.5) is 0 Å². The molecule has 0 aliphatic rings. The highest BCUT2D eigenvalue weighted by atomic mass is 16.6. The Bertz CT molecular complexity index is 1240. The Hall–Kier alpha value is -2.66. The molecule has 0 aliphatic heterocycles. The van der Waals surface area contributed by atoms with Crippen LogP contribution >= 0.6 is 0 Å². The average Bonchev–Trinajstić information content (AvgIpc) is 3.36. The monoisotopic (exact) mass is 977 g/mol. The Kier molecular flexibility index (Phi) is 58.3. The van der Waals surface area contributed by atoms with Crippen LogP contribution in [0.5, 0.6) is 0 Å². The van der Waals surface area contributed by atoms with E-state index in [1.54, 1.807) is 0 Å². The van der Waals surface area contributed by atoms with Gasteiger partial charge in [-0.2, -0.15) is 0 Å². The third kappa shape index (κ3) is 57.9. The van der Waals surface area contributed by atoms with Crippen molar-refractivity contribution in [2.45, 2.75) is 309 Å². The first-order valence-corrected chi connectivity index (χ1v) is 30.5. The number of ether oxygens (including phenoxy) is 3. The molecule has 0 amide bonds. The smallest absolute Gasteiger partial charge is 0.306 e. The van der Waals surface area contributed by atoms with Crippen molar-refractivity contribution in [1.29, 1.82) is 0 Å². The summed E-state index contributed by atoms with van der Waals surface area (Å²) < 4.78 is 17.5. The molecule has 0 aromatic carbocycles. The number of hydrogen-bond donors (Lipinski definition) is 0. The molecule has 1 atom stereocenters. The molecule has 0 fully saturated rings. The summed E-state index contributed by atoms with van der Waals surface area (Å²) in [7, 11) is 0. The predicted octanol–water partition coefficient (Wildman–Crippen LogP) is 21.0. The fourth-order valence-corrected chi connectivity index (χ4v) is 8.71. The first-order valence-electron chi connectivity index (χ1n) is 30.5. The molecular formula is C65H116O5. The minimum absolute atomic E-state index is 0.0751. The van der Waals surface area contributed by atoms with E-state index in [0.717, 1.165) is 96.3 Å². The van der Waals surface area contributed by atoms with Crippen LogP contribution < -0.4 is 0 Å². The van der Waals surface area contributed by atoms with Crippen LogP contribution in [0.15, 0.2) is 72.9 Å². The van der Waals surface area contributed by atoms with Crippen LogP contribution in [0.1, 0.15) is 303 Å². The molecule has 0 spiro atoms. The molecule has 0 radical (unpaired) electrons. The molecule has 0 saturated carbocycles. The van der Waals surface area contributed by atoms with Gasteiger partial charge in [-0.1, -0.05) is 273 Å². The van der Waals surface area contributed by atoms with Gasteiger partial charge in [0.25, 0.3) is 0 Å². The lowest BCUT2D eigenvalue weighted by atomic mass is 10.0. The highest BCUT2D eigenvalue weighted by molar-refractivity contribution is 5.70. The van der Waals surface area contributed by atoms with Crippen molar-refractivity contribution >= 4 is 11.9 Å². The topological polar surface area (TPSA) is 61.8 Å². The Morgan fingerprint density at radius 3 is 1.06 bits per heavy atom. The third-order valence-electron chi connectivity index (χ3n) is 13.2. The third-order valence-corrected chi connectivity index (χ3v) is 13.2. The van der Waals surface area contributed by atoms with Gasteiger partial charge < -0.3 is 14.2 Å². The van der Waals surface area contributed by atoms with E-state index in [2.05, 4.69) is 93.7 Å². The second-order valence-electron chi connectivity index (χ2n) is 20.2. The molecule has 0 saturated heterocycles. The normalized spacial score (nSPS) is 12.7. The summed E-state index contributed by atoms with van der Waals surface area (Å²) in [6.07, 6.45) is 79.3. The van der Waals surface area contributed by atoms with Crippen LogP contribution in [-0.4, -0.2) is 37.9 Å². The summed E-state index contributed by atoms with van der Waals surface area (Å²) in [6, 6.07) is 0. The molecule has 5 nitrogen and oxygen atoms in total. The van der Waals surface area contributed by atoms with Gasteiger partial charge in [-0.05, 0) is 89.9 Å². The molecular weight excluding hydrogens is 861 g/mol. The van der Waals surface area contributed by atoms with Crippen LogP contribution in [0.2, 0.25) is 0 Å².